The molecule has 1 saturated carbocycles. The van der Waals surface area contributed by atoms with Crippen LogP contribution in [0.3, 0.4) is 0 Å². The summed E-state index contributed by atoms with van der Waals surface area (Å²) in [4.78, 5) is 0. The van der Waals surface area contributed by atoms with Crippen molar-refractivity contribution in [2.75, 3.05) is 6.54 Å². The summed E-state index contributed by atoms with van der Waals surface area (Å²) in [5, 5.41) is 6.28. The Morgan fingerprint density at radius 3 is 2.61 bits per heavy atom. The summed E-state index contributed by atoms with van der Waals surface area (Å²) in [5.41, 5.74) is 3.27. The molecule has 0 aliphatic heterocycles. The Morgan fingerprint density at radius 1 is 1.35 bits per heavy atom. The minimum Gasteiger partial charge on any atom is -0.388 e. The summed E-state index contributed by atoms with van der Waals surface area (Å²) in [5.74, 6) is 1.49. The lowest BCUT2D eigenvalue weighted by atomic mass is 10.1. The van der Waals surface area contributed by atoms with Crippen LogP contribution >= 0.6 is 0 Å². The van der Waals surface area contributed by atoms with E-state index < -0.39 is 0 Å². The molecule has 0 aromatic heterocycles. The molecule has 0 saturated heterocycles. The Balaban J connectivity index is 2.30. The van der Waals surface area contributed by atoms with Crippen LogP contribution in [0.1, 0.15) is 66.7 Å². The van der Waals surface area contributed by atoms with Crippen molar-refractivity contribution >= 4 is 0 Å². The highest BCUT2D eigenvalue weighted by Gasteiger charge is 2.36. The molecule has 3 atom stereocenters. The van der Waals surface area contributed by atoms with Gasteiger partial charge in [0.15, 0.2) is 5.95 Å². The van der Waals surface area contributed by atoms with Gasteiger partial charge in [-0.3, -0.25) is 0 Å². The third-order valence-electron chi connectivity index (χ3n) is 4.95. The zero-order valence-electron chi connectivity index (χ0n) is 15.6. The Hall–Kier alpha value is -1.25. The van der Waals surface area contributed by atoms with Gasteiger partial charge in [-0.25, -0.2) is 0 Å². The first-order valence-electron chi connectivity index (χ1n) is 9.07. The van der Waals surface area contributed by atoms with Crippen LogP contribution < -0.4 is 10.6 Å². The summed E-state index contributed by atoms with van der Waals surface area (Å²) in [6.07, 6.45) is 7.37. The zero-order valence-corrected chi connectivity index (χ0v) is 15.6. The van der Waals surface area contributed by atoms with Gasteiger partial charge in [0.25, 0.3) is 0 Å². The van der Waals surface area contributed by atoms with Crippen LogP contribution in [0.25, 0.3) is 0 Å². The average Bonchev–Trinajstić information content (AvgIpc) is 3.34. The molecule has 0 radical (unpaired) electrons. The van der Waals surface area contributed by atoms with Gasteiger partial charge in [-0.1, -0.05) is 38.0 Å². The van der Waals surface area contributed by atoms with Crippen molar-refractivity contribution in [1.29, 1.82) is 0 Å². The number of nitrogens with one attached hydrogen (secondary N) is 2. The number of hydrogen-bond acceptors (Lipinski definition) is 2. The molecule has 3 heteroatoms. The summed E-state index contributed by atoms with van der Waals surface area (Å²) >= 11 is 0. The molecule has 132 valence electrons. The fraction of sp³-hybridized carbons (Fsp3) is 0.700. The normalized spacial score (nSPS) is 23.1. The standard InChI is InChI=1S/C20H35FN2/c1-7-14(3)12-23-20(21)15(4)9-10-17(6)22-13-16(5)19-11-18(19)8-2/h13,17-19,22-23H,3,7-12H2,1-2,4-6H3/b16-13+,20-15+. The van der Waals surface area contributed by atoms with Crippen LogP contribution in [0.5, 0.6) is 0 Å². The first-order valence-corrected chi connectivity index (χ1v) is 9.07. The summed E-state index contributed by atoms with van der Waals surface area (Å²) in [7, 11) is 0. The third-order valence-corrected chi connectivity index (χ3v) is 4.95. The van der Waals surface area contributed by atoms with Crippen LogP contribution in [-0.4, -0.2) is 12.6 Å². The van der Waals surface area contributed by atoms with Crippen molar-refractivity contribution < 1.29 is 4.39 Å². The van der Waals surface area contributed by atoms with Crippen molar-refractivity contribution in [1.82, 2.24) is 10.6 Å². The molecule has 1 aliphatic rings. The average molecular weight is 323 g/mol. The number of hydrogen-bond donors (Lipinski definition) is 2. The van der Waals surface area contributed by atoms with Crippen LogP contribution in [0, 0.1) is 11.8 Å². The fourth-order valence-corrected chi connectivity index (χ4v) is 2.74. The van der Waals surface area contributed by atoms with Crippen LogP contribution in [-0.2, 0) is 0 Å². The highest BCUT2D eigenvalue weighted by Crippen LogP contribution is 2.45. The van der Waals surface area contributed by atoms with E-state index in [-0.39, 0.29) is 5.95 Å². The predicted molar refractivity (Wildman–Crippen MR) is 98.7 cm³/mol. The van der Waals surface area contributed by atoms with E-state index in [0.29, 0.717) is 12.6 Å². The molecule has 2 nitrogen and oxygen atoms in total. The molecule has 0 aromatic rings. The molecular formula is C20H35FN2. The molecule has 3 unspecified atom stereocenters. The molecule has 0 amide bonds. The van der Waals surface area contributed by atoms with Crippen molar-refractivity contribution in [3.63, 3.8) is 0 Å². The van der Waals surface area contributed by atoms with Gasteiger partial charge in [0.05, 0.1) is 0 Å². The Kier molecular flexibility index (Phi) is 8.43. The van der Waals surface area contributed by atoms with E-state index in [9.17, 15) is 4.39 Å². The zero-order chi connectivity index (χ0) is 17.4. The molecule has 0 bridgehead atoms. The summed E-state index contributed by atoms with van der Waals surface area (Å²) < 4.78 is 13.9. The molecule has 0 spiro atoms. The maximum absolute atomic E-state index is 13.9. The molecule has 1 fully saturated rings. The molecule has 2 N–H and O–H groups in total. The van der Waals surface area contributed by atoms with Crippen LogP contribution in [0.4, 0.5) is 4.39 Å². The molecular weight excluding hydrogens is 287 g/mol. The second kappa shape index (κ2) is 9.79. The Morgan fingerprint density at radius 2 is 2.04 bits per heavy atom. The highest BCUT2D eigenvalue weighted by atomic mass is 19.1. The van der Waals surface area contributed by atoms with Crippen LogP contribution in [0.2, 0.25) is 0 Å². The molecule has 1 rings (SSSR count). The lowest BCUT2D eigenvalue weighted by Crippen LogP contribution is -2.21. The maximum Gasteiger partial charge on any atom is 0.186 e. The first kappa shape index (κ1) is 19.8. The Bertz CT molecular complexity index is 451. The van der Waals surface area contributed by atoms with Crippen molar-refractivity contribution in [3.05, 3.63) is 35.4 Å². The van der Waals surface area contributed by atoms with Crippen molar-refractivity contribution in [2.45, 2.75) is 72.8 Å². The van der Waals surface area contributed by atoms with Gasteiger partial charge in [0.2, 0.25) is 0 Å². The lowest BCUT2D eigenvalue weighted by Gasteiger charge is -2.14. The van der Waals surface area contributed by atoms with Gasteiger partial charge in [0, 0.05) is 12.6 Å². The topological polar surface area (TPSA) is 24.1 Å². The molecule has 1 aliphatic carbocycles. The second-order valence-electron chi connectivity index (χ2n) is 7.06. The van der Waals surface area contributed by atoms with Gasteiger partial charge >= 0.3 is 0 Å². The van der Waals surface area contributed by atoms with Gasteiger partial charge in [-0.05, 0) is 70.1 Å². The SMILES string of the molecule is C=C(CC)CN/C(F)=C(\C)CCC(C)N/C=C(\C)C1CC1CC. The van der Waals surface area contributed by atoms with Crippen molar-refractivity contribution in [3.8, 4) is 0 Å². The number of allylic oxidation sites excluding steroid dienone is 2. The lowest BCUT2D eigenvalue weighted by molar-refractivity contribution is 0.521. The fourth-order valence-electron chi connectivity index (χ4n) is 2.74. The molecule has 0 heterocycles. The van der Waals surface area contributed by atoms with Gasteiger partial charge < -0.3 is 10.6 Å². The van der Waals surface area contributed by atoms with E-state index in [2.05, 4.69) is 44.2 Å². The van der Waals surface area contributed by atoms with E-state index in [1.54, 1.807) is 0 Å². The van der Waals surface area contributed by atoms with E-state index >= 15 is 0 Å². The first-order chi connectivity index (χ1) is 10.9. The van der Waals surface area contributed by atoms with Gasteiger partial charge in [0.1, 0.15) is 0 Å². The second-order valence-corrected chi connectivity index (χ2v) is 7.06. The van der Waals surface area contributed by atoms with Gasteiger partial charge in [-0.15, -0.1) is 0 Å². The largest absolute Gasteiger partial charge is 0.388 e. The van der Waals surface area contributed by atoms with Crippen LogP contribution in [0.15, 0.2) is 35.4 Å². The monoisotopic (exact) mass is 322 g/mol. The summed E-state index contributed by atoms with van der Waals surface area (Å²) in [6.45, 7) is 14.9. The number of rotatable bonds is 11. The van der Waals surface area contributed by atoms with Gasteiger partial charge in [-0.2, -0.15) is 4.39 Å². The minimum absolute atomic E-state index is 0.192. The number of halogens is 1. The third kappa shape index (κ3) is 7.24. The predicted octanol–water partition coefficient (Wildman–Crippen LogP) is 5.45. The van der Waals surface area contributed by atoms with E-state index in [1.165, 1.54) is 18.4 Å². The minimum atomic E-state index is -0.192. The van der Waals surface area contributed by atoms with E-state index in [0.717, 1.165) is 42.2 Å². The molecule has 23 heavy (non-hydrogen) atoms. The summed E-state index contributed by atoms with van der Waals surface area (Å²) in [6, 6.07) is 0.358. The highest BCUT2D eigenvalue weighted by molar-refractivity contribution is 5.12. The van der Waals surface area contributed by atoms with Crippen molar-refractivity contribution in [2.24, 2.45) is 11.8 Å². The maximum atomic E-state index is 13.9. The van der Waals surface area contributed by atoms with E-state index in [4.69, 9.17) is 0 Å². The quantitative estimate of drug-likeness (QED) is 0.390. The molecule has 0 aromatic carbocycles. The Labute approximate surface area is 142 Å². The van der Waals surface area contributed by atoms with E-state index in [1.807, 2.05) is 13.8 Å². The smallest absolute Gasteiger partial charge is 0.186 e.